The van der Waals surface area contributed by atoms with Crippen LogP contribution in [0.4, 0.5) is 16.2 Å². The Kier molecular flexibility index (Phi) is 6.63. The molecule has 1 aliphatic rings. The molecule has 0 unspecified atom stereocenters. The predicted molar refractivity (Wildman–Crippen MR) is 110 cm³/mol. The molecule has 1 aliphatic heterocycles. The van der Waals surface area contributed by atoms with Gasteiger partial charge in [-0.25, -0.2) is 9.59 Å². The van der Waals surface area contributed by atoms with Crippen molar-refractivity contribution in [3.8, 4) is 0 Å². The van der Waals surface area contributed by atoms with Crippen LogP contribution < -0.4 is 21.3 Å². The number of carbonyl (C=O) groups is 4. The van der Waals surface area contributed by atoms with E-state index in [0.29, 0.717) is 24.3 Å². The number of nitrogens with two attached hydrogens (primary N) is 1. The molecule has 0 aliphatic carbocycles. The molecule has 4 N–H and O–H groups in total. The Bertz CT molecular complexity index is 958. The molecule has 0 spiro atoms. The van der Waals surface area contributed by atoms with Gasteiger partial charge in [0.15, 0.2) is 6.61 Å². The first-order chi connectivity index (χ1) is 14.4. The third-order valence-corrected chi connectivity index (χ3v) is 4.53. The van der Waals surface area contributed by atoms with Crippen molar-refractivity contribution in [2.24, 2.45) is 5.73 Å². The molecule has 9 nitrogen and oxygen atoms in total. The molecule has 30 heavy (non-hydrogen) atoms. The Balaban J connectivity index is 1.54. The zero-order valence-corrected chi connectivity index (χ0v) is 16.2. The zero-order valence-electron chi connectivity index (χ0n) is 16.2. The van der Waals surface area contributed by atoms with E-state index >= 15 is 0 Å². The van der Waals surface area contributed by atoms with Crippen LogP contribution in [-0.4, -0.2) is 37.0 Å². The van der Waals surface area contributed by atoms with Gasteiger partial charge in [-0.1, -0.05) is 24.3 Å². The fraction of sp³-hybridized carbons (Fsp3) is 0.238. The fourth-order valence-corrected chi connectivity index (χ4v) is 3.07. The van der Waals surface area contributed by atoms with Gasteiger partial charge in [-0.05, 0) is 36.2 Å². The maximum absolute atomic E-state index is 12.3. The number of nitrogens with one attached hydrogen (secondary N) is 2. The van der Waals surface area contributed by atoms with Crippen LogP contribution in [0.1, 0.15) is 28.8 Å². The van der Waals surface area contributed by atoms with Gasteiger partial charge in [0.2, 0.25) is 5.91 Å². The number of nitrogens with zero attached hydrogens (tertiary/aromatic N) is 1. The number of carbonyl (C=O) groups excluding carboxylic acids is 4. The molecule has 4 amide bonds. The monoisotopic (exact) mass is 410 g/mol. The van der Waals surface area contributed by atoms with Crippen LogP contribution in [0.15, 0.2) is 48.5 Å². The van der Waals surface area contributed by atoms with Crippen molar-refractivity contribution in [1.29, 1.82) is 0 Å². The van der Waals surface area contributed by atoms with Crippen LogP contribution in [0.2, 0.25) is 0 Å². The first-order valence-corrected chi connectivity index (χ1v) is 9.42. The van der Waals surface area contributed by atoms with Crippen LogP contribution in [0.3, 0.4) is 0 Å². The van der Waals surface area contributed by atoms with Gasteiger partial charge in [0.1, 0.15) is 0 Å². The van der Waals surface area contributed by atoms with Crippen LogP contribution in [-0.2, 0) is 20.9 Å². The Hall–Kier alpha value is -3.88. The predicted octanol–water partition coefficient (Wildman–Crippen LogP) is 1.78. The van der Waals surface area contributed by atoms with Crippen LogP contribution >= 0.6 is 0 Å². The van der Waals surface area contributed by atoms with E-state index < -0.39 is 24.5 Å². The minimum absolute atomic E-state index is 0.0117. The highest BCUT2D eigenvalue weighted by atomic mass is 16.5. The lowest BCUT2D eigenvalue weighted by Crippen LogP contribution is -2.28. The highest BCUT2D eigenvalue weighted by Crippen LogP contribution is 2.29. The van der Waals surface area contributed by atoms with Crippen molar-refractivity contribution < 1.29 is 23.9 Å². The van der Waals surface area contributed by atoms with Crippen molar-refractivity contribution in [2.45, 2.75) is 19.4 Å². The van der Waals surface area contributed by atoms with Gasteiger partial charge >= 0.3 is 12.0 Å². The van der Waals surface area contributed by atoms with Crippen LogP contribution in [0.5, 0.6) is 0 Å². The minimum Gasteiger partial charge on any atom is -0.452 e. The largest absolute Gasteiger partial charge is 0.452 e. The summed E-state index contributed by atoms with van der Waals surface area (Å²) in [6.07, 6.45) is 1.26. The van der Waals surface area contributed by atoms with E-state index in [1.54, 1.807) is 41.3 Å². The third kappa shape index (κ3) is 5.34. The van der Waals surface area contributed by atoms with E-state index in [1.165, 1.54) is 12.1 Å². The standard InChI is InChI=1S/C21H22N4O5/c22-21(29)23-12-14-7-9-15(10-8-14)20(28)30-13-18(26)24-16-4-1-2-5-17(16)25-11-3-6-19(25)27/h1-2,4-5,7-10H,3,6,11-13H2,(H,24,26)(H3,22,23,29). The molecule has 156 valence electrons. The van der Waals surface area contributed by atoms with E-state index in [-0.39, 0.29) is 18.0 Å². The summed E-state index contributed by atoms with van der Waals surface area (Å²) in [7, 11) is 0. The molecule has 0 saturated carbocycles. The first-order valence-electron chi connectivity index (χ1n) is 9.42. The van der Waals surface area contributed by atoms with E-state index in [9.17, 15) is 19.2 Å². The second-order valence-electron chi connectivity index (χ2n) is 6.71. The number of urea groups is 1. The molecule has 1 fully saturated rings. The molecule has 3 rings (SSSR count). The minimum atomic E-state index is -0.650. The van der Waals surface area contributed by atoms with Crippen molar-refractivity contribution in [3.05, 3.63) is 59.7 Å². The average Bonchev–Trinajstić information content (AvgIpc) is 3.17. The van der Waals surface area contributed by atoms with Gasteiger partial charge in [-0.2, -0.15) is 0 Å². The van der Waals surface area contributed by atoms with Gasteiger partial charge in [-0.15, -0.1) is 0 Å². The number of amides is 4. The Labute approximate surface area is 173 Å². The zero-order chi connectivity index (χ0) is 21.5. The molecule has 0 radical (unpaired) electrons. The molecule has 2 aromatic rings. The molecular weight excluding hydrogens is 388 g/mol. The maximum atomic E-state index is 12.3. The second-order valence-corrected chi connectivity index (χ2v) is 6.71. The van der Waals surface area contributed by atoms with Crippen molar-refractivity contribution in [2.75, 3.05) is 23.4 Å². The molecule has 0 bridgehead atoms. The number of esters is 1. The Morgan fingerprint density at radius 1 is 1.07 bits per heavy atom. The fourth-order valence-electron chi connectivity index (χ4n) is 3.07. The summed E-state index contributed by atoms with van der Waals surface area (Å²) in [6, 6.07) is 12.7. The summed E-state index contributed by atoms with van der Waals surface area (Å²) in [4.78, 5) is 48.8. The lowest BCUT2D eigenvalue weighted by molar-refractivity contribution is -0.119. The summed E-state index contributed by atoms with van der Waals surface area (Å²) in [6.45, 7) is 0.379. The van der Waals surface area contributed by atoms with Gasteiger partial charge in [0.05, 0.1) is 16.9 Å². The summed E-state index contributed by atoms with van der Waals surface area (Å²) >= 11 is 0. The van der Waals surface area contributed by atoms with Crippen molar-refractivity contribution in [3.63, 3.8) is 0 Å². The van der Waals surface area contributed by atoms with Gasteiger partial charge < -0.3 is 26.0 Å². The van der Waals surface area contributed by atoms with E-state index in [0.717, 1.165) is 12.0 Å². The number of rotatable bonds is 7. The first kappa shape index (κ1) is 20.8. The van der Waals surface area contributed by atoms with Gasteiger partial charge in [-0.3, -0.25) is 9.59 Å². The molecule has 1 saturated heterocycles. The van der Waals surface area contributed by atoms with E-state index in [1.807, 2.05) is 0 Å². The molecule has 1 heterocycles. The number of anilines is 2. The van der Waals surface area contributed by atoms with Gasteiger partial charge in [0.25, 0.3) is 5.91 Å². The number of ether oxygens (including phenoxy) is 1. The Morgan fingerprint density at radius 2 is 1.80 bits per heavy atom. The third-order valence-electron chi connectivity index (χ3n) is 4.53. The van der Waals surface area contributed by atoms with Crippen LogP contribution in [0, 0.1) is 0 Å². The molecule has 0 atom stereocenters. The van der Waals surface area contributed by atoms with E-state index in [4.69, 9.17) is 10.5 Å². The quantitative estimate of drug-likeness (QED) is 0.599. The van der Waals surface area contributed by atoms with Crippen molar-refractivity contribution in [1.82, 2.24) is 5.32 Å². The highest BCUT2D eigenvalue weighted by molar-refractivity contribution is 6.02. The topological polar surface area (TPSA) is 131 Å². The number of hydrogen-bond acceptors (Lipinski definition) is 5. The number of primary amides is 1. The number of benzene rings is 2. The summed E-state index contributed by atoms with van der Waals surface area (Å²) in [5.41, 5.74) is 7.15. The van der Waals surface area contributed by atoms with Crippen LogP contribution in [0.25, 0.3) is 0 Å². The van der Waals surface area contributed by atoms with Crippen molar-refractivity contribution >= 4 is 35.2 Å². The summed E-state index contributed by atoms with van der Waals surface area (Å²) < 4.78 is 5.07. The highest BCUT2D eigenvalue weighted by Gasteiger charge is 2.24. The molecular formula is C21H22N4O5. The average molecular weight is 410 g/mol. The molecule has 0 aromatic heterocycles. The number of para-hydroxylation sites is 2. The summed E-state index contributed by atoms with van der Waals surface area (Å²) in [5.74, 6) is -1.15. The lowest BCUT2D eigenvalue weighted by atomic mass is 10.1. The number of hydrogen-bond donors (Lipinski definition) is 3. The lowest BCUT2D eigenvalue weighted by Gasteiger charge is -2.19. The van der Waals surface area contributed by atoms with E-state index in [2.05, 4.69) is 10.6 Å². The van der Waals surface area contributed by atoms with Gasteiger partial charge in [0, 0.05) is 19.5 Å². The normalized spacial score (nSPS) is 13.1. The molecule has 2 aromatic carbocycles. The Morgan fingerprint density at radius 3 is 2.47 bits per heavy atom. The smallest absolute Gasteiger partial charge is 0.338 e. The summed E-state index contributed by atoms with van der Waals surface area (Å²) in [5, 5.41) is 5.14. The maximum Gasteiger partial charge on any atom is 0.338 e. The molecule has 9 heteroatoms. The second kappa shape index (κ2) is 9.55. The SMILES string of the molecule is NC(=O)NCc1ccc(C(=O)OCC(=O)Nc2ccccc2N2CCCC2=O)cc1.